The molecule has 0 aliphatic carbocycles. The highest BCUT2D eigenvalue weighted by Gasteiger charge is 2.29. The highest BCUT2D eigenvalue weighted by Crippen LogP contribution is 2.54. The van der Waals surface area contributed by atoms with Crippen LogP contribution in [-0.4, -0.2) is 12.9 Å². The Kier molecular flexibility index (Phi) is 1.93. The maximum Gasteiger partial charge on any atom is 0.212 e. The zero-order valence-electron chi connectivity index (χ0n) is 7.37. The van der Waals surface area contributed by atoms with Crippen molar-refractivity contribution in [3.63, 3.8) is 0 Å². The summed E-state index contributed by atoms with van der Waals surface area (Å²) in [6, 6.07) is 3.48. The SMILES string of the molecule is CCCOc1ccc(C=O)c2c1O2. The van der Waals surface area contributed by atoms with Gasteiger partial charge < -0.3 is 9.47 Å². The van der Waals surface area contributed by atoms with Crippen molar-refractivity contribution in [1.29, 1.82) is 0 Å². The van der Waals surface area contributed by atoms with Crippen molar-refractivity contribution in [1.82, 2.24) is 0 Å². The van der Waals surface area contributed by atoms with Gasteiger partial charge in [-0.1, -0.05) is 6.92 Å². The first-order valence-electron chi connectivity index (χ1n) is 4.29. The third-order valence-corrected chi connectivity index (χ3v) is 1.86. The first kappa shape index (κ1) is 8.10. The quantitative estimate of drug-likeness (QED) is 0.533. The van der Waals surface area contributed by atoms with E-state index in [1.165, 1.54) is 0 Å². The molecule has 0 saturated carbocycles. The van der Waals surface area contributed by atoms with Crippen LogP contribution in [-0.2, 0) is 0 Å². The van der Waals surface area contributed by atoms with Gasteiger partial charge in [-0.15, -0.1) is 0 Å². The molecule has 0 radical (unpaired) electrons. The number of carbonyl (C=O) groups excluding carboxylic acids is 1. The van der Waals surface area contributed by atoms with Gasteiger partial charge in [0.1, 0.15) is 0 Å². The Morgan fingerprint density at radius 1 is 1.46 bits per heavy atom. The van der Waals surface area contributed by atoms with Crippen LogP contribution in [0.3, 0.4) is 0 Å². The summed E-state index contributed by atoms with van der Waals surface area (Å²) < 4.78 is 10.5. The fraction of sp³-hybridized carbons (Fsp3) is 0.300. The van der Waals surface area contributed by atoms with Gasteiger partial charge >= 0.3 is 0 Å². The summed E-state index contributed by atoms with van der Waals surface area (Å²) in [5.41, 5.74) is 0.596. The van der Waals surface area contributed by atoms with E-state index in [-0.39, 0.29) is 0 Å². The molecular formula is C10H10O3. The normalized spacial score (nSPS) is 11.5. The van der Waals surface area contributed by atoms with Gasteiger partial charge in [-0.3, -0.25) is 4.79 Å². The van der Waals surface area contributed by atoms with E-state index in [9.17, 15) is 4.79 Å². The lowest BCUT2D eigenvalue weighted by Crippen LogP contribution is -1.93. The lowest BCUT2D eigenvalue weighted by atomic mass is 10.2. The molecule has 1 aromatic rings. The van der Waals surface area contributed by atoms with Gasteiger partial charge in [0.15, 0.2) is 17.8 Å². The lowest BCUT2D eigenvalue weighted by molar-refractivity contribution is 0.112. The van der Waals surface area contributed by atoms with E-state index in [1.807, 2.05) is 6.92 Å². The Labute approximate surface area is 76.3 Å². The topological polar surface area (TPSA) is 38.8 Å². The van der Waals surface area contributed by atoms with Crippen LogP contribution < -0.4 is 9.47 Å². The molecule has 1 heterocycles. The van der Waals surface area contributed by atoms with E-state index >= 15 is 0 Å². The van der Waals surface area contributed by atoms with E-state index < -0.39 is 0 Å². The number of carbonyl (C=O) groups is 1. The first-order valence-corrected chi connectivity index (χ1v) is 4.29. The summed E-state index contributed by atoms with van der Waals surface area (Å²) in [6.07, 6.45) is 1.75. The van der Waals surface area contributed by atoms with E-state index in [4.69, 9.17) is 9.47 Å². The summed E-state index contributed by atoms with van der Waals surface area (Å²) in [4.78, 5) is 10.5. The summed E-state index contributed by atoms with van der Waals surface area (Å²) in [5.74, 6) is 2.13. The third kappa shape index (κ3) is 1.37. The minimum Gasteiger partial charge on any atom is -0.490 e. The number of fused-ring (bicyclic) bond motifs is 1. The van der Waals surface area contributed by atoms with Crippen molar-refractivity contribution in [2.75, 3.05) is 6.61 Å². The summed E-state index contributed by atoms with van der Waals surface area (Å²) in [5, 5.41) is 0. The molecule has 0 fully saturated rings. The van der Waals surface area contributed by atoms with Crippen molar-refractivity contribution < 1.29 is 14.3 Å². The number of hydrogen-bond acceptors (Lipinski definition) is 3. The molecule has 0 spiro atoms. The summed E-state index contributed by atoms with van der Waals surface area (Å²) in [6.45, 7) is 2.72. The first-order chi connectivity index (χ1) is 6.36. The highest BCUT2D eigenvalue weighted by atomic mass is 16.6. The molecule has 0 aromatic heterocycles. The fourth-order valence-electron chi connectivity index (χ4n) is 1.16. The van der Waals surface area contributed by atoms with Gasteiger partial charge in [0.25, 0.3) is 0 Å². The maximum atomic E-state index is 10.5. The van der Waals surface area contributed by atoms with E-state index in [0.29, 0.717) is 17.9 Å². The van der Waals surface area contributed by atoms with Crippen molar-refractivity contribution >= 4 is 6.29 Å². The largest absolute Gasteiger partial charge is 0.490 e. The molecule has 0 atom stereocenters. The van der Waals surface area contributed by atoms with Crippen LogP contribution >= 0.6 is 0 Å². The van der Waals surface area contributed by atoms with E-state index in [1.54, 1.807) is 12.1 Å². The molecule has 0 unspecified atom stereocenters. The van der Waals surface area contributed by atoms with Crippen LogP contribution in [0.15, 0.2) is 12.1 Å². The number of hydrogen-bond donors (Lipinski definition) is 0. The second-order valence-corrected chi connectivity index (χ2v) is 2.88. The molecule has 0 amide bonds. The Hall–Kier alpha value is -1.51. The molecule has 1 aliphatic heterocycles. The predicted molar refractivity (Wildman–Crippen MR) is 47.7 cm³/mol. The van der Waals surface area contributed by atoms with E-state index in [2.05, 4.69) is 0 Å². The van der Waals surface area contributed by atoms with Crippen LogP contribution in [0.1, 0.15) is 23.7 Å². The Bertz CT molecular complexity index is 344. The highest BCUT2D eigenvalue weighted by molar-refractivity contribution is 5.86. The van der Waals surface area contributed by atoms with Crippen LogP contribution in [0.2, 0.25) is 0 Å². The minimum atomic E-state index is 0.596. The molecule has 3 nitrogen and oxygen atoms in total. The van der Waals surface area contributed by atoms with Crippen molar-refractivity contribution in [3.05, 3.63) is 17.7 Å². The van der Waals surface area contributed by atoms with E-state index in [0.717, 1.165) is 24.2 Å². The van der Waals surface area contributed by atoms with Crippen LogP contribution in [0.4, 0.5) is 0 Å². The van der Waals surface area contributed by atoms with Crippen molar-refractivity contribution in [2.45, 2.75) is 13.3 Å². The Morgan fingerprint density at radius 2 is 2.31 bits per heavy atom. The fourth-order valence-corrected chi connectivity index (χ4v) is 1.16. The predicted octanol–water partition coefficient (Wildman–Crippen LogP) is 2.39. The van der Waals surface area contributed by atoms with Crippen LogP contribution in [0.25, 0.3) is 0 Å². The number of ether oxygens (including phenoxy) is 2. The maximum absolute atomic E-state index is 10.5. The number of aldehydes is 1. The van der Waals surface area contributed by atoms with Gasteiger partial charge in [-0.05, 0) is 18.6 Å². The van der Waals surface area contributed by atoms with Crippen LogP contribution in [0, 0.1) is 0 Å². The van der Waals surface area contributed by atoms with Gasteiger partial charge in [-0.25, -0.2) is 0 Å². The monoisotopic (exact) mass is 178 g/mol. The molecule has 13 heavy (non-hydrogen) atoms. The Morgan fingerprint density at radius 3 is 3.00 bits per heavy atom. The zero-order valence-corrected chi connectivity index (χ0v) is 7.37. The average Bonchev–Trinajstić information content (AvgIpc) is 2.93. The minimum absolute atomic E-state index is 0.596. The third-order valence-electron chi connectivity index (χ3n) is 1.86. The van der Waals surface area contributed by atoms with Crippen molar-refractivity contribution in [2.24, 2.45) is 0 Å². The smallest absolute Gasteiger partial charge is 0.212 e. The summed E-state index contributed by atoms with van der Waals surface area (Å²) in [7, 11) is 0. The van der Waals surface area contributed by atoms with Gasteiger partial charge in [-0.2, -0.15) is 0 Å². The molecular weight excluding hydrogens is 168 g/mol. The molecule has 2 rings (SSSR count). The second kappa shape index (κ2) is 3.09. The van der Waals surface area contributed by atoms with Crippen molar-refractivity contribution in [3.8, 4) is 17.2 Å². The zero-order chi connectivity index (χ0) is 9.26. The molecule has 0 bridgehead atoms. The Balaban J connectivity index is 2.19. The second-order valence-electron chi connectivity index (χ2n) is 2.88. The molecule has 0 saturated heterocycles. The molecule has 68 valence electrons. The number of benzene rings is 1. The molecule has 1 aromatic carbocycles. The van der Waals surface area contributed by atoms with Gasteiger partial charge in [0.2, 0.25) is 5.75 Å². The molecule has 1 aliphatic rings. The van der Waals surface area contributed by atoms with Gasteiger partial charge in [0.05, 0.1) is 12.2 Å². The molecule has 3 heteroatoms. The standard InChI is InChI=1S/C10H10O3/c1-2-5-12-8-4-3-7(6-11)9-10(8)13-9/h3-4,6H,2,5H2,1H3. The van der Waals surface area contributed by atoms with Crippen LogP contribution in [0.5, 0.6) is 17.2 Å². The average molecular weight is 178 g/mol. The lowest BCUT2D eigenvalue weighted by Gasteiger charge is -2.00. The number of rotatable bonds is 4. The van der Waals surface area contributed by atoms with Gasteiger partial charge in [0, 0.05) is 0 Å². The molecule has 0 N–H and O–H groups in total. The summed E-state index contributed by atoms with van der Waals surface area (Å²) >= 11 is 0.